The summed E-state index contributed by atoms with van der Waals surface area (Å²) < 4.78 is 5.69. The summed E-state index contributed by atoms with van der Waals surface area (Å²) >= 11 is 1.79. The number of thiazole rings is 1. The van der Waals surface area contributed by atoms with E-state index in [1.807, 2.05) is 6.20 Å². The highest BCUT2D eigenvalue weighted by molar-refractivity contribution is 7.11. The minimum Gasteiger partial charge on any atom is -0.374 e. The second-order valence-corrected chi connectivity index (χ2v) is 7.83. The second-order valence-electron chi connectivity index (χ2n) is 6.63. The van der Waals surface area contributed by atoms with E-state index in [4.69, 9.17) is 9.73 Å². The van der Waals surface area contributed by atoms with Crippen LogP contribution in [0.2, 0.25) is 0 Å². The minimum atomic E-state index is 0.238. The van der Waals surface area contributed by atoms with Crippen molar-refractivity contribution < 1.29 is 4.74 Å². The fourth-order valence-electron chi connectivity index (χ4n) is 2.51. The standard InChI is InChI=1S/C21H32N4OS/c1-5-19-14-24-20(27-19)10-11-23-21(22-6-2)25-13-17-8-7-9-18(12-17)15-26-16(3)4/h7-9,12,14,16H,5-6,10-11,13,15H2,1-4H3,(H2,22,23,25). The van der Waals surface area contributed by atoms with Crippen LogP contribution in [0.5, 0.6) is 0 Å². The van der Waals surface area contributed by atoms with E-state index in [1.54, 1.807) is 11.3 Å². The van der Waals surface area contributed by atoms with Gasteiger partial charge in [-0.3, -0.25) is 0 Å². The van der Waals surface area contributed by atoms with Crippen LogP contribution in [0, 0.1) is 0 Å². The Bertz CT molecular complexity index is 712. The Hall–Kier alpha value is -1.92. The van der Waals surface area contributed by atoms with Crippen LogP contribution >= 0.6 is 11.3 Å². The monoisotopic (exact) mass is 388 g/mol. The van der Waals surface area contributed by atoms with Crippen LogP contribution in [-0.4, -0.2) is 30.1 Å². The van der Waals surface area contributed by atoms with E-state index < -0.39 is 0 Å². The molecule has 1 aromatic carbocycles. The van der Waals surface area contributed by atoms with Gasteiger partial charge in [-0.1, -0.05) is 31.2 Å². The van der Waals surface area contributed by atoms with E-state index in [0.29, 0.717) is 13.2 Å². The van der Waals surface area contributed by atoms with Crippen LogP contribution in [0.4, 0.5) is 0 Å². The van der Waals surface area contributed by atoms with Gasteiger partial charge in [-0.2, -0.15) is 0 Å². The molecule has 0 aliphatic heterocycles. The van der Waals surface area contributed by atoms with Crippen molar-refractivity contribution in [3.8, 4) is 0 Å². The maximum atomic E-state index is 5.69. The number of guanidine groups is 1. The van der Waals surface area contributed by atoms with Gasteiger partial charge in [0.05, 0.1) is 24.3 Å². The summed E-state index contributed by atoms with van der Waals surface area (Å²) in [5.74, 6) is 0.841. The van der Waals surface area contributed by atoms with Crippen LogP contribution in [0.15, 0.2) is 35.5 Å². The number of nitrogens with zero attached hydrogens (tertiary/aromatic N) is 2. The molecule has 2 aromatic rings. The Labute approximate surface area is 167 Å². The number of aromatic nitrogens is 1. The Morgan fingerprint density at radius 1 is 1.22 bits per heavy atom. The lowest BCUT2D eigenvalue weighted by Crippen LogP contribution is -2.38. The van der Waals surface area contributed by atoms with Gasteiger partial charge in [0.15, 0.2) is 5.96 Å². The molecule has 0 saturated carbocycles. The predicted molar refractivity (Wildman–Crippen MR) is 114 cm³/mol. The summed E-state index contributed by atoms with van der Waals surface area (Å²) in [6.07, 6.45) is 4.19. The summed E-state index contributed by atoms with van der Waals surface area (Å²) in [5.41, 5.74) is 2.37. The topological polar surface area (TPSA) is 58.5 Å². The van der Waals surface area contributed by atoms with Crippen molar-refractivity contribution in [1.29, 1.82) is 0 Å². The van der Waals surface area contributed by atoms with Crippen LogP contribution < -0.4 is 10.6 Å². The first kappa shape index (κ1) is 21.4. The van der Waals surface area contributed by atoms with E-state index in [0.717, 1.165) is 31.9 Å². The summed E-state index contributed by atoms with van der Waals surface area (Å²) in [4.78, 5) is 10.5. The number of ether oxygens (including phenoxy) is 1. The van der Waals surface area contributed by atoms with Crippen molar-refractivity contribution >= 4 is 17.3 Å². The molecular formula is C21H32N4OS. The molecule has 0 aliphatic rings. The Morgan fingerprint density at radius 3 is 2.74 bits per heavy atom. The summed E-state index contributed by atoms with van der Waals surface area (Å²) in [5, 5.41) is 7.88. The number of hydrogen-bond acceptors (Lipinski definition) is 4. The second kappa shape index (κ2) is 11.7. The minimum absolute atomic E-state index is 0.238. The average molecular weight is 389 g/mol. The highest BCUT2D eigenvalue weighted by Crippen LogP contribution is 2.13. The first-order valence-corrected chi connectivity index (χ1v) is 10.6. The highest BCUT2D eigenvalue weighted by Gasteiger charge is 2.03. The molecule has 0 fully saturated rings. The highest BCUT2D eigenvalue weighted by atomic mass is 32.1. The smallest absolute Gasteiger partial charge is 0.191 e. The average Bonchev–Trinajstić information content (AvgIpc) is 3.13. The third kappa shape index (κ3) is 8.10. The molecule has 148 valence electrons. The first-order chi connectivity index (χ1) is 13.1. The van der Waals surface area contributed by atoms with Gasteiger partial charge >= 0.3 is 0 Å². The molecule has 5 nitrogen and oxygen atoms in total. The molecule has 2 rings (SSSR count). The summed E-state index contributed by atoms with van der Waals surface area (Å²) in [7, 11) is 0. The van der Waals surface area contributed by atoms with Crippen molar-refractivity contribution in [2.75, 3.05) is 13.1 Å². The maximum absolute atomic E-state index is 5.69. The third-order valence-corrected chi connectivity index (χ3v) is 5.12. The van der Waals surface area contributed by atoms with Gasteiger partial charge in [0.2, 0.25) is 0 Å². The molecule has 1 heterocycles. The van der Waals surface area contributed by atoms with E-state index in [-0.39, 0.29) is 6.10 Å². The molecule has 0 spiro atoms. The molecular weight excluding hydrogens is 356 g/mol. The van der Waals surface area contributed by atoms with Crippen LogP contribution in [0.1, 0.15) is 48.7 Å². The van der Waals surface area contributed by atoms with Gasteiger partial charge in [0, 0.05) is 30.6 Å². The fraction of sp³-hybridized carbons (Fsp3) is 0.524. The van der Waals surface area contributed by atoms with Crippen LogP contribution in [0.3, 0.4) is 0 Å². The molecule has 0 aliphatic carbocycles. The van der Waals surface area contributed by atoms with Crippen LogP contribution in [-0.2, 0) is 30.7 Å². The predicted octanol–water partition coefficient (Wildman–Crippen LogP) is 3.93. The van der Waals surface area contributed by atoms with Crippen molar-refractivity contribution in [2.45, 2.75) is 59.8 Å². The van der Waals surface area contributed by atoms with Gasteiger partial charge in [0.25, 0.3) is 0 Å². The number of rotatable bonds is 10. The molecule has 27 heavy (non-hydrogen) atoms. The zero-order valence-corrected chi connectivity index (χ0v) is 17.7. The summed E-state index contributed by atoms with van der Waals surface area (Å²) in [6.45, 7) is 11.3. The van der Waals surface area contributed by atoms with Gasteiger partial charge in [0.1, 0.15) is 0 Å². The molecule has 0 unspecified atom stereocenters. The Balaban J connectivity index is 1.87. The molecule has 0 saturated heterocycles. The van der Waals surface area contributed by atoms with E-state index in [1.165, 1.54) is 21.0 Å². The SMILES string of the molecule is CCNC(=NCc1cccc(COC(C)C)c1)NCCc1ncc(CC)s1. The van der Waals surface area contributed by atoms with Gasteiger partial charge in [-0.25, -0.2) is 9.98 Å². The number of aryl methyl sites for hydroxylation is 1. The molecule has 0 atom stereocenters. The van der Waals surface area contributed by atoms with Crippen molar-refractivity contribution in [1.82, 2.24) is 15.6 Å². The molecule has 1 aromatic heterocycles. The van der Waals surface area contributed by atoms with E-state index in [2.05, 4.69) is 67.6 Å². The van der Waals surface area contributed by atoms with Crippen LogP contribution in [0.25, 0.3) is 0 Å². The number of benzene rings is 1. The number of hydrogen-bond donors (Lipinski definition) is 2. The molecule has 0 bridgehead atoms. The van der Waals surface area contributed by atoms with E-state index in [9.17, 15) is 0 Å². The Morgan fingerprint density at radius 2 is 2.04 bits per heavy atom. The largest absolute Gasteiger partial charge is 0.374 e. The van der Waals surface area contributed by atoms with Gasteiger partial charge < -0.3 is 15.4 Å². The summed E-state index contributed by atoms with van der Waals surface area (Å²) in [6, 6.07) is 8.43. The third-order valence-electron chi connectivity index (χ3n) is 3.92. The lowest BCUT2D eigenvalue weighted by Gasteiger charge is -2.11. The van der Waals surface area contributed by atoms with E-state index >= 15 is 0 Å². The van der Waals surface area contributed by atoms with Crippen molar-refractivity contribution in [3.05, 3.63) is 51.5 Å². The quantitative estimate of drug-likeness (QED) is 0.478. The zero-order valence-electron chi connectivity index (χ0n) is 16.9. The fourth-order valence-corrected chi connectivity index (χ4v) is 3.37. The maximum Gasteiger partial charge on any atom is 0.191 e. The van der Waals surface area contributed by atoms with Gasteiger partial charge in [-0.05, 0) is 38.3 Å². The zero-order chi connectivity index (χ0) is 19.5. The van der Waals surface area contributed by atoms with Crippen molar-refractivity contribution in [2.24, 2.45) is 4.99 Å². The molecule has 0 radical (unpaired) electrons. The number of nitrogens with one attached hydrogen (secondary N) is 2. The van der Waals surface area contributed by atoms with Gasteiger partial charge in [-0.15, -0.1) is 11.3 Å². The first-order valence-electron chi connectivity index (χ1n) is 9.75. The molecule has 6 heteroatoms. The molecule has 2 N–H and O–H groups in total. The lowest BCUT2D eigenvalue weighted by molar-refractivity contribution is 0.0657. The normalized spacial score (nSPS) is 11.8. The Kier molecular flexibility index (Phi) is 9.28. The number of aliphatic imine (C=N–C) groups is 1. The molecule has 0 amide bonds. The lowest BCUT2D eigenvalue weighted by atomic mass is 10.1. The van der Waals surface area contributed by atoms with Crippen molar-refractivity contribution in [3.63, 3.8) is 0 Å².